The molecule has 0 aliphatic carbocycles. The number of esters is 1. The van der Waals surface area contributed by atoms with Crippen molar-refractivity contribution in [3.8, 4) is 5.88 Å². The Morgan fingerprint density at radius 2 is 2.05 bits per heavy atom. The van der Waals surface area contributed by atoms with Gasteiger partial charge in [-0.1, -0.05) is 13.0 Å². The Labute approximate surface area is 120 Å². The van der Waals surface area contributed by atoms with Gasteiger partial charge in [0.25, 0.3) is 0 Å². The van der Waals surface area contributed by atoms with Gasteiger partial charge in [-0.15, -0.1) is 0 Å². The molecule has 1 N–H and O–H groups in total. The van der Waals surface area contributed by atoms with Crippen molar-refractivity contribution in [1.29, 1.82) is 0 Å². The summed E-state index contributed by atoms with van der Waals surface area (Å²) in [6.07, 6.45) is 1.79. The summed E-state index contributed by atoms with van der Waals surface area (Å²) in [5.74, 6) is 0.217. The minimum Gasteiger partial charge on any atom is -0.475 e. The first-order valence-corrected chi connectivity index (χ1v) is 6.87. The summed E-state index contributed by atoms with van der Waals surface area (Å²) < 4.78 is 10.4. The van der Waals surface area contributed by atoms with E-state index in [1.165, 1.54) is 7.11 Å². The second-order valence-corrected chi connectivity index (χ2v) is 5.12. The SMILES string of the molecule is COC(=O)C(C)C(C)NCc1cccnc1OC(C)C. The van der Waals surface area contributed by atoms with Gasteiger partial charge in [0.1, 0.15) is 0 Å². The predicted octanol–water partition coefficient (Wildman–Crippen LogP) is 2.16. The summed E-state index contributed by atoms with van der Waals surface area (Å²) >= 11 is 0. The van der Waals surface area contributed by atoms with Gasteiger partial charge in [0, 0.05) is 24.3 Å². The first-order valence-electron chi connectivity index (χ1n) is 6.87. The molecule has 0 aliphatic heterocycles. The molecule has 0 spiro atoms. The zero-order valence-electron chi connectivity index (χ0n) is 12.8. The molecule has 0 radical (unpaired) electrons. The van der Waals surface area contributed by atoms with E-state index in [-0.39, 0.29) is 24.0 Å². The smallest absolute Gasteiger partial charge is 0.309 e. The topological polar surface area (TPSA) is 60.5 Å². The van der Waals surface area contributed by atoms with E-state index in [0.29, 0.717) is 12.4 Å². The van der Waals surface area contributed by atoms with Gasteiger partial charge in [0.05, 0.1) is 19.1 Å². The number of hydrogen-bond donors (Lipinski definition) is 1. The highest BCUT2D eigenvalue weighted by molar-refractivity contribution is 5.72. The van der Waals surface area contributed by atoms with E-state index in [4.69, 9.17) is 9.47 Å². The normalized spacial score (nSPS) is 13.9. The standard InChI is InChI=1S/C15H24N2O3/c1-10(2)20-14-13(7-6-8-16-14)9-17-12(4)11(3)15(18)19-5/h6-8,10-12,17H,9H2,1-5H3. The van der Waals surface area contributed by atoms with Crippen LogP contribution in [0.3, 0.4) is 0 Å². The molecule has 1 rings (SSSR count). The van der Waals surface area contributed by atoms with E-state index in [9.17, 15) is 4.79 Å². The quantitative estimate of drug-likeness (QED) is 0.776. The van der Waals surface area contributed by atoms with Crippen LogP contribution in [-0.4, -0.2) is 30.2 Å². The Balaban J connectivity index is 2.63. The molecule has 1 aromatic rings. The third-order valence-electron chi connectivity index (χ3n) is 3.13. The monoisotopic (exact) mass is 280 g/mol. The van der Waals surface area contributed by atoms with Crippen LogP contribution in [0.25, 0.3) is 0 Å². The van der Waals surface area contributed by atoms with Crippen molar-refractivity contribution < 1.29 is 14.3 Å². The fraction of sp³-hybridized carbons (Fsp3) is 0.600. The molecule has 0 bridgehead atoms. The molecule has 5 nitrogen and oxygen atoms in total. The average Bonchev–Trinajstić information content (AvgIpc) is 2.43. The number of hydrogen-bond acceptors (Lipinski definition) is 5. The molecular formula is C15H24N2O3. The van der Waals surface area contributed by atoms with Crippen LogP contribution in [0, 0.1) is 5.92 Å². The lowest BCUT2D eigenvalue weighted by Gasteiger charge is -2.20. The number of aromatic nitrogens is 1. The molecule has 0 saturated carbocycles. The predicted molar refractivity (Wildman–Crippen MR) is 77.5 cm³/mol. The van der Waals surface area contributed by atoms with Crippen molar-refractivity contribution >= 4 is 5.97 Å². The third kappa shape index (κ3) is 4.81. The fourth-order valence-electron chi connectivity index (χ4n) is 1.73. The number of methoxy groups -OCH3 is 1. The minimum atomic E-state index is -0.213. The minimum absolute atomic E-state index is 0.00885. The van der Waals surface area contributed by atoms with E-state index in [0.717, 1.165) is 5.56 Å². The van der Waals surface area contributed by atoms with Gasteiger partial charge < -0.3 is 14.8 Å². The van der Waals surface area contributed by atoms with Gasteiger partial charge in [-0.05, 0) is 26.8 Å². The van der Waals surface area contributed by atoms with Crippen molar-refractivity contribution in [3.05, 3.63) is 23.9 Å². The van der Waals surface area contributed by atoms with Crippen LogP contribution in [-0.2, 0) is 16.1 Å². The van der Waals surface area contributed by atoms with Crippen LogP contribution < -0.4 is 10.1 Å². The second-order valence-electron chi connectivity index (χ2n) is 5.12. The molecule has 1 heterocycles. The van der Waals surface area contributed by atoms with E-state index >= 15 is 0 Å². The van der Waals surface area contributed by atoms with Crippen molar-refractivity contribution in [2.24, 2.45) is 5.92 Å². The number of nitrogens with one attached hydrogen (secondary N) is 1. The van der Waals surface area contributed by atoms with E-state index in [1.807, 2.05) is 39.8 Å². The van der Waals surface area contributed by atoms with Crippen LogP contribution in [0.15, 0.2) is 18.3 Å². The lowest BCUT2D eigenvalue weighted by atomic mass is 10.0. The summed E-state index contributed by atoms with van der Waals surface area (Å²) in [5.41, 5.74) is 0.977. The highest BCUT2D eigenvalue weighted by Gasteiger charge is 2.20. The Bertz CT molecular complexity index is 435. The van der Waals surface area contributed by atoms with Gasteiger partial charge in [0.15, 0.2) is 0 Å². The molecule has 0 fully saturated rings. The highest BCUT2D eigenvalue weighted by Crippen LogP contribution is 2.16. The summed E-state index contributed by atoms with van der Waals surface area (Å²) in [5, 5.41) is 3.31. The summed E-state index contributed by atoms with van der Waals surface area (Å²) in [6.45, 7) is 8.33. The molecule has 2 unspecified atom stereocenters. The van der Waals surface area contributed by atoms with Crippen LogP contribution in [0.2, 0.25) is 0 Å². The summed E-state index contributed by atoms with van der Waals surface area (Å²) in [4.78, 5) is 15.7. The summed E-state index contributed by atoms with van der Waals surface area (Å²) in [6, 6.07) is 3.85. The number of carbonyl (C=O) groups excluding carboxylic acids is 1. The third-order valence-corrected chi connectivity index (χ3v) is 3.13. The van der Waals surface area contributed by atoms with Gasteiger partial charge >= 0.3 is 5.97 Å². The zero-order chi connectivity index (χ0) is 15.1. The first kappa shape index (κ1) is 16.4. The average molecular weight is 280 g/mol. The Hall–Kier alpha value is -1.62. The van der Waals surface area contributed by atoms with Gasteiger partial charge in [-0.2, -0.15) is 0 Å². The number of ether oxygens (including phenoxy) is 2. The van der Waals surface area contributed by atoms with E-state index < -0.39 is 0 Å². The molecule has 0 amide bonds. The van der Waals surface area contributed by atoms with Gasteiger partial charge in [-0.25, -0.2) is 4.98 Å². The number of rotatable bonds is 7. The first-order chi connectivity index (χ1) is 9.45. The number of nitrogens with zero attached hydrogens (tertiary/aromatic N) is 1. The highest BCUT2D eigenvalue weighted by atomic mass is 16.5. The molecule has 0 aliphatic rings. The zero-order valence-corrected chi connectivity index (χ0v) is 12.8. The van der Waals surface area contributed by atoms with Crippen LogP contribution in [0.5, 0.6) is 5.88 Å². The molecule has 1 aromatic heterocycles. The summed E-state index contributed by atoms with van der Waals surface area (Å²) in [7, 11) is 1.40. The van der Waals surface area contributed by atoms with Crippen molar-refractivity contribution in [2.75, 3.05) is 7.11 Å². The van der Waals surface area contributed by atoms with Crippen LogP contribution >= 0.6 is 0 Å². The molecular weight excluding hydrogens is 256 g/mol. The number of pyridine rings is 1. The Kier molecular flexibility index (Phi) is 6.45. The molecule has 0 saturated heterocycles. The molecule has 5 heteroatoms. The Morgan fingerprint density at radius 3 is 2.65 bits per heavy atom. The lowest BCUT2D eigenvalue weighted by Crippen LogP contribution is -2.36. The van der Waals surface area contributed by atoms with E-state index in [1.54, 1.807) is 6.20 Å². The lowest BCUT2D eigenvalue weighted by molar-refractivity contribution is -0.145. The largest absolute Gasteiger partial charge is 0.475 e. The van der Waals surface area contributed by atoms with Crippen molar-refractivity contribution in [1.82, 2.24) is 10.3 Å². The van der Waals surface area contributed by atoms with Crippen LogP contribution in [0.4, 0.5) is 0 Å². The van der Waals surface area contributed by atoms with E-state index in [2.05, 4.69) is 10.3 Å². The van der Waals surface area contributed by atoms with Crippen molar-refractivity contribution in [3.63, 3.8) is 0 Å². The molecule has 2 atom stereocenters. The van der Waals surface area contributed by atoms with Crippen LogP contribution in [0.1, 0.15) is 33.3 Å². The maximum absolute atomic E-state index is 11.5. The van der Waals surface area contributed by atoms with Gasteiger partial charge in [0.2, 0.25) is 5.88 Å². The molecule has 0 aromatic carbocycles. The maximum atomic E-state index is 11.5. The maximum Gasteiger partial charge on any atom is 0.309 e. The fourth-order valence-corrected chi connectivity index (χ4v) is 1.73. The second kappa shape index (κ2) is 7.85. The Morgan fingerprint density at radius 1 is 1.35 bits per heavy atom. The molecule has 20 heavy (non-hydrogen) atoms. The molecule has 112 valence electrons. The number of carbonyl (C=O) groups is 1. The van der Waals surface area contributed by atoms with Gasteiger partial charge in [-0.3, -0.25) is 4.79 Å². The van der Waals surface area contributed by atoms with Crippen molar-refractivity contribution in [2.45, 2.75) is 46.4 Å².